The standard InChI is InChI=1S/C32H32N6O4/c1-21(39)14-31(41)27-12-5-3-10-25(27)29-19-37(35-33-29)17-23-8-7-9-24(16-23)18-38-20-30(34-36-38)26-11-4-6-13-28(26)32(42)15-22(2)40/h3-13,16,19-20,31-32,41-42H,14-15,17-18H2,1-2H3/t31-,32-/m1/s1. The number of hydrogen-bond acceptors (Lipinski definition) is 8. The molecule has 2 N–H and O–H groups in total. The molecule has 0 amide bonds. The molecular formula is C32H32N6O4. The lowest BCUT2D eigenvalue weighted by Gasteiger charge is -2.12. The Morgan fingerprint density at radius 1 is 0.667 bits per heavy atom. The summed E-state index contributed by atoms with van der Waals surface area (Å²) >= 11 is 0. The van der Waals surface area contributed by atoms with Crippen LogP contribution in [0.2, 0.25) is 0 Å². The Bertz CT molecular complexity index is 1590. The monoisotopic (exact) mass is 564 g/mol. The smallest absolute Gasteiger partial charge is 0.132 e. The highest BCUT2D eigenvalue weighted by atomic mass is 16.3. The van der Waals surface area contributed by atoms with Gasteiger partial charge in [0.25, 0.3) is 0 Å². The minimum atomic E-state index is -0.906. The lowest BCUT2D eigenvalue weighted by atomic mass is 9.97. The summed E-state index contributed by atoms with van der Waals surface area (Å²) in [5, 5.41) is 38.3. The van der Waals surface area contributed by atoms with Crippen LogP contribution in [0, 0.1) is 0 Å². The molecule has 10 nitrogen and oxygen atoms in total. The Hall–Kier alpha value is -4.80. The summed E-state index contributed by atoms with van der Waals surface area (Å²) in [7, 11) is 0. The van der Waals surface area contributed by atoms with E-state index in [2.05, 4.69) is 26.7 Å². The normalized spacial score (nSPS) is 12.7. The summed E-state index contributed by atoms with van der Waals surface area (Å²) in [5.41, 5.74) is 6.04. The summed E-state index contributed by atoms with van der Waals surface area (Å²) in [5.74, 6) is -0.174. The summed E-state index contributed by atoms with van der Waals surface area (Å²) < 4.78 is 3.47. The van der Waals surface area contributed by atoms with Gasteiger partial charge < -0.3 is 10.2 Å². The maximum Gasteiger partial charge on any atom is 0.132 e. The van der Waals surface area contributed by atoms with Crippen LogP contribution in [0.5, 0.6) is 0 Å². The predicted molar refractivity (Wildman–Crippen MR) is 156 cm³/mol. The molecular weight excluding hydrogens is 532 g/mol. The molecule has 3 aromatic carbocycles. The highest BCUT2D eigenvalue weighted by molar-refractivity contribution is 5.77. The summed E-state index contributed by atoms with van der Waals surface area (Å²) in [6.07, 6.45) is 1.93. The number of nitrogens with zero attached hydrogens (tertiary/aromatic N) is 6. The van der Waals surface area contributed by atoms with Gasteiger partial charge in [-0.15, -0.1) is 10.2 Å². The first-order valence-corrected chi connectivity index (χ1v) is 13.7. The first-order valence-electron chi connectivity index (χ1n) is 13.7. The Kier molecular flexibility index (Phi) is 8.75. The van der Waals surface area contributed by atoms with E-state index < -0.39 is 12.2 Å². The van der Waals surface area contributed by atoms with Gasteiger partial charge in [-0.2, -0.15) is 0 Å². The van der Waals surface area contributed by atoms with Crippen LogP contribution in [0.3, 0.4) is 0 Å². The van der Waals surface area contributed by atoms with Gasteiger partial charge in [0, 0.05) is 24.0 Å². The molecule has 42 heavy (non-hydrogen) atoms. The van der Waals surface area contributed by atoms with Crippen molar-refractivity contribution < 1.29 is 19.8 Å². The molecule has 0 spiro atoms. The summed E-state index contributed by atoms with van der Waals surface area (Å²) in [6, 6.07) is 22.8. The number of hydrogen-bond donors (Lipinski definition) is 2. The van der Waals surface area contributed by atoms with Crippen molar-refractivity contribution in [1.82, 2.24) is 30.0 Å². The highest BCUT2D eigenvalue weighted by Crippen LogP contribution is 2.30. The Balaban J connectivity index is 1.30. The highest BCUT2D eigenvalue weighted by Gasteiger charge is 2.18. The number of aliphatic hydroxyl groups is 2. The van der Waals surface area contributed by atoms with Crippen molar-refractivity contribution in [3.63, 3.8) is 0 Å². The average molecular weight is 565 g/mol. The molecule has 0 unspecified atom stereocenters. The van der Waals surface area contributed by atoms with E-state index in [4.69, 9.17) is 0 Å². The number of aromatic nitrogens is 6. The second kappa shape index (κ2) is 12.8. The van der Waals surface area contributed by atoms with E-state index in [-0.39, 0.29) is 24.4 Å². The summed E-state index contributed by atoms with van der Waals surface area (Å²) in [4.78, 5) is 23.1. The molecule has 214 valence electrons. The topological polar surface area (TPSA) is 136 Å². The molecule has 5 rings (SSSR count). The van der Waals surface area contributed by atoms with Gasteiger partial charge in [0.15, 0.2) is 0 Å². The molecule has 0 aliphatic rings. The average Bonchev–Trinajstić information content (AvgIpc) is 3.62. The molecule has 0 radical (unpaired) electrons. The van der Waals surface area contributed by atoms with Gasteiger partial charge in [0.05, 0.1) is 37.7 Å². The number of aliphatic hydroxyl groups excluding tert-OH is 2. The third-order valence-corrected chi connectivity index (χ3v) is 6.91. The van der Waals surface area contributed by atoms with Gasteiger partial charge in [-0.1, -0.05) is 83.2 Å². The molecule has 2 aromatic heterocycles. The zero-order valence-electron chi connectivity index (χ0n) is 23.5. The number of carbonyl (C=O) groups excluding carboxylic acids is 2. The fourth-order valence-corrected chi connectivity index (χ4v) is 5.00. The van der Waals surface area contributed by atoms with Crippen LogP contribution in [0.4, 0.5) is 0 Å². The third-order valence-electron chi connectivity index (χ3n) is 6.91. The van der Waals surface area contributed by atoms with Crippen molar-refractivity contribution >= 4 is 11.6 Å². The fourth-order valence-electron chi connectivity index (χ4n) is 5.00. The van der Waals surface area contributed by atoms with Gasteiger partial charge in [0.1, 0.15) is 23.0 Å². The molecule has 10 heteroatoms. The predicted octanol–water partition coefficient (Wildman–Crippen LogP) is 4.33. The van der Waals surface area contributed by atoms with Gasteiger partial charge in [-0.05, 0) is 36.1 Å². The van der Waals surface area contributed by atoms with Gasteiger partial charge in [-0.25, -0.2) is 9.36 Å². The number of ketones is 2. The van der Waals surface area contributed by atoms with E-state index in [1.165, 1.54) is 13.8 Å². The largest absolute Gasteiger partial charge is 0.388 e. The van der Waals surface area contributed by atoms with E-state index >= 15 is 0 Å². The van der Waals surface area contributed by atoms with Gasteiger partial charge in [-0.3, -0.25) is 9.59 Å². The molecule has 0 fully saturated rings. The van der Waals surface area contributed by atoms with Crippen molar-refractivity contribution in [2.45, 2.75) is 52.0 Å². The van der Waals surface area contributed by atoms with Crippen molar-refractivity contribution in [1.29, 1.82) is 0 Å². The summed E-state index contributed by atoms with van der Waals surface area (Å²) in [6.45, 7) is 3.90. The zero-order valence-corrected chi connectivity index (χ0v) is 23.5. The lowest BCUT2D eigenvalue weighted by molar-refractivity contribution is -0.119. The van der Waals surface area contributed by atoms with Crippen molar-refractivity contribution in [2.75, 3.05) is 0 Å². The molecule has 0 saturated carbocycles. The van der Waals surface area contributed by atoms with Crippen molar-refractivity contribution in [3.8, 4) is 22.5 Å². The number of Topliss-reactive ketones (excluding diaryl/α,β-unsaturated/α-hetero) is 2. The van der Waals surface area contributed by atoms with E-state index in [9.17, 15) is 19.8 Å². The molecule has 2 atom stereocenters. The van der Waals surface area contributed by atoms with E-state index in [1.807, 2.05) is 67.0 Å². The maximum absolute atomic E-state index is 11.5. The molecule has 0 aliphatic heterocycles. The third kappa shape index (κ3) is 6.91. The fraction of sp³-hybridized carbons (Fsp3) is 0.250. The van der Waals surface area contributed by atoms with Crippen LogP contribution < -0.4 is 0 Å². The van der Waals surface area contributed by atoms with E-state index in [0.717, 1.165) is 22.3 Å². The first kappa shape index (κ1) is 28.7. The van der Waals surface area contributed by atoms with E-state index in [0.29, 0.717) is 35.6 Å². The van der Waals surface area contributed by atoms with Crippen molar-refractivity contribution in [2.24, 2.45) is 0 Å². The molecule has 5 aromatic rings. The minimum absolute atomic E-state index is 0.0412. The first-order chi connectivity index (χ1) is 20.3. The van der Waals surface area contributed by atoms with Crippen LogP contribution in [-0.4, -0.2) is 51.8 Å². The molecule has 2 heterocycles. The Morgan fingerprint density at radius 3 is 1.52 bits per heavy atom. The van der Waals surface area contributed by atoms with Gasteiger partial charge >= 0.3 is 0 Å². The molecule has 0 aliphatic carbocycles. The second-order valence-electron chi connectivity index (χ2n) is 10.4. The lowest BCUT2D eigenvalue weighted by Crippen LogP contribution is -2.05. The van der Waals surface area contributed by atoms with Gasteiger partial charge in [0.2, 0.25) is 0 Å². The number of benzene rings is 3. The molecule has 0 bridgehead atoms. The maximum atomic E-state index is 11.5. The van der Waals surface area contributed by atoms with Crippen molar-refractivity contribution in [3.05, 3.63) is 107 Å². The second-order valence-corrected chi connectivity index (χ2v) is 10.4. The Morgan fingerprint density at radius 2 is 1.10 bits per heavy atom. The van der Waals surface area contributed by atoms with Crippen LogP contribution in [0.1, 0.15) is 61.2 Å². The quantitative estimate of drug-likeness (QED) is 0.229. The SMILES string of the molecule is CC(=O)C[C@@H](O)c1ccccc1-c1cn(Cc2cccc(Cn3cc(-c4ccccc4[C@H](O)CC(C)=O)nn3)c2)nn1. The van der Waals surface area contributed by atoms with Crippen LogP contribution in [0.15, 0.2) is 85.2 Å². The number of carbonyl (C=O) groups is 2. The Labute approximate surface area is 243 Å². The zero-order chi connectivity index (χ0) is 29.6. The van der Waals surface area contributed by atoms with Crippen LogP contribution in [0.25, 0.3) is 22.5 Å². The molecule has 0 saturated heterocycles. The number of rotatable bonds is 12. The van der Waals surface area contributed by atoms with Crippen LogP contribution in [-0.2, 0) is 22.7 Å². The van der Waals surface area contributed by atoms with Crippen LogP contribution >= 0.6 is 0 Å². The minimum Gasteiger partial charge on any atom is -0.388 e. The van der Waals surface area contributed by atoms with E-state index in [1.54, 1.807) is 21.5 Å².